The first-order chi connectivity index (χ1) is 6.20. The van der Waals surface area contributed by atoms with E-state index in [4.69, 9.17) is 0 Å². The molecule has 2 rings (SSSR count). The minimum Gasteiger partial charge on any atom is -0.332 e. The molecular formula is C10H15NO2. The molecule has 1 amide bonds. The van der Waals surface area contributed by atoms with Crippen molar-refractivity contribution in [2.24, 2.45) is 5.92 Å². The Balaban J connectivity index is 2.03. The monoisotopic (exact) mass is 181 g/mol. The molecule has 3 heteroatoms. The van der Waals surface area contributed by atoms with Crippen LogP contribution < -0.4 is 0 Å². The molecule has 0 bridgehead atoms. The molecule has 1 heterocycles. The largest absolute Gasteiger partial charge is 0.332 e. The van der Waals surface area contributed by atoms with Crippen molar-refractivity contribution in [1.82, 2.24) is 4.90 Å². The maximum atomic E-state index is 11.7. The molecule has 1 unspecified atom stereocenters. The van der Waals surface area contributed by atoms with Gasteiger partial charge in [0.15, 0.2) is 5.78 Å². The molecule has 0 aromatic rings. The number of carbonyl (C=O) groups is 2. The van der Waals surface area contributed by atoms with Crippen LogP contribution in [0.2, 0.25) is 0 Å². The number of carbonyl (C=O) groups excluding carboxylic acids is 2. The van der Waals surface area contributed by atoms with Gasteiger partial charge in [0.1, 0.15) is 0 Å². The van der Waals surface area contributed by atoms with Crippen molar-refractivity contribution in [2.75, 3.05) is 6.54 Å². The Morgan fingerprint density at radius 3 is 2.46 bits per heavy atom. The van der Waals surface area contributed by atoms with Crippen LogP contribution >= 0.6 is 0 Å². The lowest BCUT2D eigenvalue weighted by molar-refractivity contribution is -0.137. The lowest BCUT2D eigenvalue weighted by Crippen LogP contribution is -2.40. The van der Waals surface area contributed by atoms with Crippen molar-refractivity contribution in [3.8, 4) is 0 Å². The first kappa shape index (κ1) is 8.73. The number of ketones is 1. The highest BCUT2D eigenvalue weighted by molar-refractivity contribution is 5.89. The van der Waals surface area contributed by atoms with Gasteiger partial charge in [-0.25, -0.2) is 0 Å². The van der Waals surface area contributed by atoms with Crippen LogP contribution in [0.25, 0.3) is 0 Å². The molecule has 3 nitrogen and oxygen atoms in total. The van der Waals surface area contributed by atoms with Crippen LogP contribution in [-0.4, -0.2) is 29.2 Å². The summed E-state index contributed by atoms with van der Waals surface area (Å²) in [7, 11) is 0. The quantitative estimate of drug-likeness (QED) is 0.636. The van der Waals surface area contributed by atoms with Crippen molar-refractivity contribution >= 4 is 11.7 Å². The molecule has 1 aliphatic carbocycles. The first-order valence-electron chi connectivity index (χ1n) is 5.01. The van der Waals surface area contributed by atoms with E-state index in [1.54, 1.807) is 11.8 Å². The number of rotatable bonds is 2. The molecule has 1 aliphatic heterocycles. The van der Waals surface area contributed by atoms with E-state index in [2.05, 4.69) is 0 Å². The summed E-state index contributed by atoms with van der Waals surface area (Å²) in [6, 6.07) is -0.104. The first-order valence-corrected chi connectivity index (χ1v) is 5.01. The molecule has 0 N–H and O–H groups in total. The third-order valence-electron chi connectivity index (χ3n) is 2.93. The number of Topliss-reactive ketones (excluding diaryl/α,β-unsaturated/α-hetero) is 1. The second kappa shape index (κ2) is 3.13. The molecule has 72 valence electrons. The fraction of sp³-hybridized carbons (Fsp3) is 0.800. The molecule has 0 spiro atoms. The molecular weight excluding hydrogens is 166 g/mol. The van der Waals surface area contributed by atoms with Gasteiger partial charge in [-0.2, -0.15) is 0 Å². The summed E-state index contributed by atoms with van der Waals surface area (Å²) < 4.78 is 0. The summed E-state index contributed by atoms with van der Waals surface area (Å²) >= 11 is 0. The third-order valence-corrected chi connectivity index (χ3v) is 2.93. The summed E-state index contributed by atoms with van der Waals surface area (Å²) in [6.45, 7) is 2.38. The molecule has 0 radical (unpaired) electrons. The summed E-state index contributed by atoms with van der Waals surface area (Å²) in [5.41, 5.74) is 0. The van der Waals surface area contributed by atoms with Crippen LogP contribution in [0.5, 0.6) is 0 Å². The smallest absolute Gasteiger partial charge is 0.226 e. The normalized spacial score (nSPS) is 27.8. The highest BCUT2D eigenvalue weighted by Crippen LogP contribution is 2.33. The Morgan fingerprint density at radius 1 is 1.23 bits per heavy atom. The number of likely N-dealkylation sites (tertiary alicyclic amines) is 1. The molecule has 1 saturated heterocycles. The zero-order valence-electron chi connectivity index (χ0n) is 7.95. The van der Waals surface area contributed by atoms with E-state index >= 15 is 0 Å². The van der Waals surface area contributed by atoms with E-state index in [1.807, 2.05) is 0 Å². The molecule has 1 saturated carbocycles. The van der Waals surface area contributed by atoms with E-state index in [0.29, 0.717) is 0 Å². The van der Waals surface area contributed by atoms with Gasteiger partial charge >= 0.3 is 0 Å². The van der Waals surface area contributed by atoms with Gasteiger partial charge < -0.3 is 4.90 Å². The maximum absolute atomic E-state index is 11.7. The zero-order valence-corrected chi connectivity index (χ0v) is 7.95. The highest BCUT2D eigenvalue weighted by Gasteiger charge is 2.39. The van der Waals surface area contributed by atoms with Crippen molar-refractivity contribution in [1.29, 1.82) is 0 Å². The van der Waals surface area contributed by atoms with Gasteiger partial charge in [0.05, 0.1) is 6.04 Å². The van der Waals surface area contributed by atoms with Crippen molar-refractivity contribution in [3.63, 3.8) is 0 Å². The topological polar surface area (TPSA) is 37.4 Å². The molecule has 13 heavy (non-hydrogen) atoms. The predicted molar refractivity (Wildman–Crippen MR) is 48.1 cm³/mol. The molecule has 2 aliphatic rings. The zero-order chi connectivity index (χ0) is 9.42. The van der Waals surface area contributed by atoms with Crippen LogP contribution in [0.4, 0.5) is 0 Å². The number of hydrogen-bond donors (Lipinski definition) is 0. The molecule has 1 atom stereocenters. The summed E-state index contributed by atoms with van der Waals surface area (Å²) in [4.78, 5) is 24.7. The average Bonchev–Trinajstić information content (AvgIpc) is 2.80. The van der Waals surface area contributed by atoms with E-state index in [0.717, 1.165) is 32.2 Å². The second-order valence-electron chi connectivity index (χ2n) is 4.07. The van der Waals surface area contributed by atoms with Gasteiger partial charge in [-0.15, -0.1) is 0 Å². The number of hydrogen-bond acceptors (Lipinski definition) is 2. The van der Waals surface area contributed by atoms with Gasteiger partial charge in [-0.05, 0) is 32.6 Å². The van der Waals surface area contributed by atoms with Crippen LogP contribution in [0.1, 0.15) is 32.6 Å². The fourth-order valence-electron chi connectivity index (χ4n) is 2.02. The van der Waals surface area contributed by atoms with Crippen molar-refractivity contribution in [3.05, 3.63) is 0 Å². The Morgan fingerprint density at radius 2 is 1.92 bits per heavy atom. The van der Waals surface area contributed by atoms with Gasteiger partial charge in [0.2, 0.25) is 5.91 Å². The Hall–Kier alpha value is -0.860. The molecule has 2 fully saturated rings. The summed E-state index contributed by atoms with van der Waals surface area (Å²) in [5.74, 6) is 0.615. The minimum atomic E-state index is -0.104. The van der Waals surface area contributed by atoms with E-state index in [1.165, 1.54) is 0 Å². The van der Waals surface area contributed by atoms with Crippen molar-refractivity contribution in [2.45, 2.75) is 38.6 Å². The van der Waals surface area contributed by atoms with Gasteiger partial charge in [0.25, 0.3) is 0 Å². The molecule has 0 aromatic carbocycles. The number of nitrogens with zero attached hydrogens (tertiary/aromatic N) is 1. The van der Waals surface area contributed by atoms with Crippen LogP contribution in [0.3, 0.4) is 0 Å². The Bertz CT molecular complexity index is 245. The molecule has 0 aromatic heterocycles. The predicted octanol–water partition coefficient (Wildman–Crippen LogP) is 0.976. The Labute approximate surface area is 78.1 Å². The third kappa shape index (κ3) is 1.60. The fourth-order valence-corrected chi connectivity index (χ4v) is 2.02. The van der Waals surface area contributed by atoms with Gasteiger partial charge in [-0.3, -0.25) is 9.59 Å². The van der Waals surface area contributed by atoms with E-state index in [9.17, 15) is 9.59 Å². The minimum absolute atomic E-state index is 0.104. The van der Waals surface area contributed by atoms with Crippen LogP contribution in [0, 0.1) is 5.92 Å². The summed E-state index contributed by atoms with van der Waals surface area (Å²) in [6.07, 6.45) is 3.91. The average molecular weight is 181 g/mol. The van der Waals surface area contributed by atoms with E-state index in [-0.39, 0.29) is 23.7 Å². The van der Waals surface area contributed by atoms with Crippen molar-refractivity contribution < 1.29 is 9.59 Å². The van der Waals surface area contributed by atoms with Gasteiger partial charge in [0, 0.05) is 12.5 Å². The van der Waals surface area contributed by atoms with Gasteiger partial charge in [-0.1, -0.05) is 0 Å². The highest BCUT2D eigenvalue weighted by atomic mass is 16.2. The lowest BCUT2D eigenvalue weighted by atomic mass is 10.1. The maximum Gasteiger partial charge on any atom is 0.226 e. The SMILES string of the molecule is CC(=O)C1CCCN1C(=O)C1CC1. The standard InChI is InChI=1S/C10H15NO2/c1-7(12)9-3-2-6-11(9)10(13)8-4-5-8/h8-9H,2-6H2,1H3. The lowest BCUT2D eigenvalue weighted by Gasteiger charge is -2.22. The van der Waals surface area contributed by atoms with Crippen LogP contribution in [-0.2, 0) is 9.59 Å². The van der Waals surface area contributed by atoms with E-state index < -0.39 is 0 Å². The number of amides is 1. The van der Waals surface area contributed by atoms with Crippen LogP contribution in [0.15, 0.2) is 0 Å². The summed E-state index contributed by atoms with van der Waals surface area (Å²) in [5, 5.41) is 0. The Kier molecular flexibility index (Phi) is 2.10. The second-order valence-corrected chi connectivity index (χ2v) is 4.07.